The van der Waals surface area contributed by atoms with Gasteiger partial charge in [0.1, 0.15) is 23.0 Å². The van der Waals surface area contributed by atoms with Crippen molar-refractivity contribution in [2.45, 2.75) is 25.4 Å². The second-order valence-electron chi connectivity index (χ2n) is 6.01. The Labute approximate surface area is 126 Å². The number of allylic oxidation sites excluding steroid dienone is 4. The van der Waals surface area contributed by atoms with E-state index in [0.29, 0.717) is 13.0 Å². The first-order valence-corrected chi connectivity index (χ1v) is 7.40. The molecular weight excluding hydrogens is 286 g/mol. The van der Waals surface area contributed by atoms with Crippen LogP contribution in [-0.2, 0) is 13.0 Å². The van der Waals surface area contributed by atoms with Gasteiger partial charge in [0.05, 0.1) is 11.7 Å². The van der Waals surface area contributed by atoms with Crippen LogP contribution in [0, 0.1) is 11.8 Å². The number of nitrogens with zero attached hydrogens (tertiary/aromatic N) is 3. The third-order valence-electron chi connectivity index (χ3n) is 4.70. The average Bonchev–Trinajstić information content (AvgIpc) is 2.87. The second-order valence-corrected chi connectivity index (χ2v) is 6.01. The SMILES string of the molecule is NC1Cn2c(nc3cnccc32)C[C@@H]1C1CC(F)=CC=C1F. The zero-order valence-corrected chi connectivity index (χ0v) is 11.9. The fourth-order valence-corrected chi connectivity index (χ4v) is 3.57. The van der Waals surface area contributed by atoms with Gasteiger partial charge in [-0.3, -0.25) is 4.98 Å². The summed E-state index contributed by atoms with van der Waals surface area (Å²) >= 11 is 0. The number of fused-ring (bicyclic) bond motifs is 3. The molecule has 3 heterocycles. The van der Waals surface area contributed by atoms with Crippen LogP contribution in [0.3, 0.4) is 0 Å². The van der Waals surface area contributed by atoms with Crippen molar-refractivity contribution in [2.24, 2.45) is 17.6 Å². The molecule has 1 aliphatic heterocycles. The maximum Gasteiger partial charge on any atom is 0.110 e. The fraction of sp³-hybridized carbons (Fsp3) is 0.375. The summed E-state index contributed by atoms with van der Waals surface area (Å²) in [5, 5.41) is 0. The first-order chi connectivity index (χ1) is 10.6. The van der Waals surface area contributed by atoms with Crippen molar-refractivity contribution < 1.29 is 8.78 Å². The van der Waals surface area contributed by atoms with Gasteiger partial charge in [0.15, 0.2) is 0 Å². The molecule has 0 bridgehead atoms. The molecule has 3 atom stereocenters. The van der Waals surface area contributed by atoms with Crippen LogP contribution >= 0.6 is 0 Å². The summed E-state index contributed by atoms with van der Waals surface area (Å²) in [4.78, 5) is 8.64. The van der Waals surface area contributed by atoms with Gasteiger partial charge in [-0.2, -0.15) is 0 Å². The predicted molar refractivity (Wildman–Crippen MR) is 79.2 cm³/mol. The van der Waals surface area contributed by atoms with Crippen molar-refractivity contribution in [1.29, 1.82) is 0 Å². The van der Waals surface area contributed by atoms with Gasteiger partial charge in [-0.1, -0.05) is 0 Å². The standard InChI is InChI=1S/C16H16F2N4/c17-9-1-2-12(18)10(5-9)11-6-16-21-14-7-20-4-3-15(14)22(16)8-13(11)19/h1-4,7,10-11,13H,5-6,8,19H2/t10?,11-,13?/m1/s1. The van der Waals surface area contributed by atoms with E-state index in [-0.39, 0.29) is 30.0 Å². The lowest BCUT2D eigenvalue weighted by Crippen LogP contribution is -2.44. The minimum atomic E-state index is -0.494. The number of aromatic nitrogens is 3. The van der Waals surface area contributed by atoms with E-state index in [9.17, 15) is 8.78 Å². The third kappa shape index (κ3) is 2.06. The average molecular weight is 302 g/mol. The number of nitrogens with two attached hydrogens (primary N) is 1. The van der Waals surface area contributed by atoms with Crippen LogP contribution in [0.4, 0.5) is 8.78 Å². The topological polar surface area (TPSA) is 56.7 Å². The summed E-state index contributed by atoms with van der Waals surface area (Å²) in [6, 6.07) is 1.68. The molecule has 2 aliphatic rings. The molecule has 2 aromatic rings. The normalized spacial score (nSPS) is 28.2. The smallest absolute Gasteiger partial charge is 0.110 e. The van der Waals surface area contributed by atoms with E-state index in [1.54, 1.807) is 12.4 Å². The maximum atomic E-state index is 14.1. The van der Waals surface area contributed by atoms with E-state index >= 15 is 0 Å². The highest BCUT2D eigenvalue weighted by atomic mass is 19.1. The number of hydrogen-bond acceptors (Lipinski definition) is 3. The van der Waals surface area contributed by atoms with Gasteiger partial charge >= 0.3 is 0 Å². The predicted octanol–water partition coefficient (Wildman–Crippen LogP) is 2.66. The van der Waals surface area contributed by atoms with Gasteiger partial charge in [-0.05, 0) is 24.1 Å². The van der Waals surface area contributed by atoms with Crippen LogP contribution in [0.25, 0.3) is 11.0 Å². The van der Waals surface area contributed by atoms with Crippen molar-refractivity contribution in [3.05, 3.63) is 48.1 Å². The number of pyridine rings is 1. The van der Waals surface area contributed by atoms with E-state index in [0.717, 1.165) is 16.9 Å². The molecule has 0 spiro atoms. The third-order valence-corrected chi connectivity index (χ3v) is 4.70. The van der Waals surface area contributed by atoms with E-state index < -0.39 is 5.92 Å². The molecule has 0 saturated heterocycles. The van der Waals surface area contributed by atoms with Gasteiger partial charge < -0.3 is 10.3 Å². The molecule has 6 heteroatoms. The first-order valence-electron chi connectivity index (χ1n) is 7.40. The van der Waals surface area contributed by atoms with E-state index in [2.05, 4.69) is 14.5 Å². The van der Waals surface area contributed by atoms with Crippen LogP contribution in [-0.4, -0.2) is 20.6 Å². The maximum absolute atomic E-state index is 14.1. The van der Waals surface area contributed by atoms with E-state index in [1.807, 2.05) is 6.07 Å². The molecule has 2 N–H and O–H groups in total. The molecule has 1 aliphatic carbocycles. The monoisotopic (exact) mass is 302 g/mol. The minimum absolute atomic E-state index is 0.0858. The fourth-order valence-electron chi connectivity index (χ4n) is 3.57. The zero-order valence-electron chi connectivity index (χ0n) is 11.9. The lowest BCUT2D eigenvalue weighted by Gasteiger charge is -2.35. The highest BCUT2D eigenvalue weighted by Gasteiger charge is 2.37. The highest BCUT2D eigenvalue weighted by Crippen LogP contribution is 2.38. The second kappa shape index (κ2) is 4.98. The van der Waals surface area contributed by atoms with Gasteiger partial charge in [0.2, 0.25) is 0 Å². The Morgan fingerprint density at radius 1 is 1.23 bits per heavy atom. The van der Waals surface area contributed by atoms with Crippen molar-refractivity contribution >= 4 is 11.0 Å². The minimum Gasteiger partial charge on any atom is -0.326 e. The molecular formula is C16H16F2N4. The van der Waals surface area contributed by atoms with Gasteiger partial charge in [-0.25, -0.2) is 13.8 Å². The molecule has 2 unspecified atom stereocenters. The molecule has 0 aromatic carbocycles. The van der Waals surface area contributed by atoms with Crippen molar-refractivity contribution in [2.75, 3.05) is 0 Å². The number of imidazole rings is 1. The van der Waals surface area contributed by atoms with E-state index in [1.165, 1.54) is 12.2 Å². The van der Waals surface area contributed by atoms with Crippen molar-refractivity contribution in [3.63, 3.8) is 0 Å². The molecule has 2 aromatic heterocycles. The molecule has 0 radical (unpaired) electrons. The summed E-state index contributed by atoms with van der Waals surface area (Å²) in [6.07, 6.45) is 6.49. The lowest BCUT2D eigenvalue weighted by molar-refractivity contribution is 0.221. The number of rotatable bonds is 1. The molecule has 4 rings (SSSR count). The summed E-state index contributed by atoms with van der Waals surface area (Å²) in [5.74, 6) is -0.341. The van der Waals surface area contributed by atoms with Gasteiger partial charge in [-0.15, -0.1) is 0 Å². The van der Waals surface area contributed by atoms with Crippen LogP contribution in [0.2, 0.25) is 0 Å². The Morgan fingerprint density at radius 3 is 2.95 bits per heavy atom. The Morgan fingerprint density at radius 2 is 2.09 bits per heavy atom. The summed E-state index contributed by atoms with van der Waals surface area (Å²) in [5.41, 5.74) is 8.09. The largest absolute Gasteiger partial charge is 0.326 e. The molecule has 0 fully saturated rings. The summed E-state index contributed by atoms with van der Waals surface area (Å²) in [7, 11) is 0. The molecule has 0 amide bonds. The Balaban J connectivity index is 1.70. The van der Waals surface area contributed by atoms with E-state index in [4.69, 9.17) is 5.73 Å². The Kier molecular flexibility index (Phi) is 3.07. The summed E-state index contributed by atoms with van der Waals surface area (Å²) in [6.45, 7) is 0.565. The molecule has 0 saturated carbocycles. The Bertz CT molecular complexity index is 793. The van der Waals surface area contributed by atoms with Crippen molar-refractivity contribution in [3.8, 4) is 0 Å². The van der Waals surface area contributed by atoms with Gasteiger partial charge in [0.25, 0.3) is 0 Å². The Hall–Kier alpha value is -2.08. The molecule has 114 valence electrons. The van der Waals surface area contributed by atoms with Crippen LogP contribution in [0.5, 0.6) is 0 Å². The van der Waals surface area contributed by atoms with Crippen LogP contribution in [0.15, 0.2) is 42.3 Å². The number of hydrogen-bond donors (Lipinski definition) is 1. The summed E-state index contributed by atoms with van der Waals surface area (Å²) < 4.78 is 29.7. The van der Waals surface area contributed by atoms with Crippen LogP contribution in [0.1, 0.15) is 12.2 Å². The quantitative estimate of drug-likeness (QED) is 0.881. The van der Waals surface area contributed by atoms with Crippen LogP contribution < -0.4 is 5.73 Å². The molecule has 22 heavy (non-hydrogen) atoms. The number of halogens is 2. The lowest BCUT2D eigenvalue weighted by atomic mass is 9.77. The first kappa shape index (κ1) is 13.6. The van der Waals surface area contributed by atoms with Crippen molar-refractivity contribution in [1.82, 2.24) is 14.5 Å². The molecule has 4 nitrogen and oxygen atoms in total. The highest BCUT2D eigenvalue weighted by molar-refractivity contribution is 5.74. The zero-order chi connectivity index (χ0) is 15.3. The van der Waals surface area contributed by atoms with Gasteiger partial charge in [0, 0.05) is 37.5 Å².